The number of H-pyrrole nitrogens is 1. The van der Waals surface area contributed by atoms with E-state index >= 15 is 0 Å². The summed E-state index contributed by atoms with van der Waals surface area (Å²) in [5, 5.41) is 18.8. The molecule has 1 amide bonds. The summed E-state index contributed by atoms with van der Waals surface area (Å²) >= 11 is 6.43. The molecule has 3 aromatic carbocycles. The number of phenolic OH excluding ortho intramolecular Hbond substituents is 1. The molecule has 0 bridgehead atoms. The van der Waals surface area contributed by atoms with Gasteiger partial charge in [0.1, 0.15) is 17.1 Å². The molecule has 2 heterocycles. The molecule has 0 spiro atoms. The summed E-state index contributed by atoms with van der Waals surface area (Å²) in [6, 6.07) is 18.4. The van der Waals surface area contributed by atoms with Crippen LogP contribution in [0.3, 0.4) is 0 Å². The topological polar surface area (TPSA) is 87.7 Å². The molecule has 1 unspecified atom stereocenters. The first-order valence-corrected chi connectivity index (χ1v) is 13.1. The average molecular weight is 532 g/mol. The molecule has 0 aliphatic carbocycles. The summed E-state index contributed by atoms with van der Waals surface area (Å²) < 4.78 is 11.9. The number of aromatic amines is 1. The van der Waals surface area contributed by atoms with Gasteiger partial charge in [0.15, 0.2) is 11.5 Å². The zero-order valence-electron chi connectivity index (χ0n) is 21.6. The van der Waals surface area contributed by atoms with Gasteiger partial charge in [-0.1, -0.05) is 54.9 Å². The molecule has 0 saturated carbocycles. The molecule has 7 nitrogen and oxygen atoms in total. The molecule has 4 aromatic rings. The monoisotopic (exact) mass is 531 g/mol. The van der Waals surface area contributed by atoms with E-state index in [-0.39, 0.29) is 11.7 Å². The van der Waals surface area contributed by atoms with Crippen molar-refractivity contribution in [2.45, 2.75) is 39.8 Å². The molecule has 0 fully saturated rings. The molecule has 0 saturated heterocycles. The van der Waals surface area contributed by atoms with Gasteiger partial charge >= 0.3 is 0 Å². The number of hydrogen-bond acceptors (Lipinski definition) is 5. The van der Waals surface area contributed by atoms with Crippen molar-refractivity contribution in [2.75, 3.05) is 13.2 Å². The number of carbonyl (C=O) groups excluding carboxylic acids is 1. The van der Waals surface area contributed by atoms with Gasteiger partial charge in [-0.2, -0.15) is 5.10 Å². The van der Waals surface area contributed by atoms with E-state index < -0.39 is 6.04 Å². The standard InChI is InChI=1S/C30H30ClN3O4/c1-4-13-38-24-12-11-20(15-25(24)37-5-2)29-26-27(21-16-22(31)18(3)14-23(21)35)32-33-28(26)30(36)34(29)17-19-9-7-6-8-10-19/h6-12,14-16,29,35H,4-5,13,17H2,1-3H3,(H,32,33). The fraction of sp³-hybridized carbons (Fsp3) is 0.267. The number of aryl methyl sites for hydroxylation is 1. The fourth-order valence-electron chi connectivity index (χ4n) is 4.84. The Bertz CT molecular complexity index is 1470. The number of aromatic nitrogens is 2. The van der Waals surface area contributed by atoms with Crippen LogP contribution in [0, 0.1) is 6.92 Å². The second-order valence-corrected chi connectivity index (χ2v) is 9.70. The second-order valence-electron chi connectivity index (χ2n) is 9.29. The Hall–Kier alpha value is -3.97. The summed E-state index contributed by atoms with van der Waals surface area (Å²) in [7, 11) is 0. The number of carbonyl (C=O) groups is 1. The third kappa shape index (κ3) is 4.70. The maximum Gasteiger partial charge on any atom is 0.273 e. The maximum atomic E-state index is 13.8. The maximum absolute atomic E-state index is 13.8. The number of nitrogens with zero attached hydrogens (tertiary/aromatic N) is 2. The number of benzene rings is 3. The number of halogens is 1. The number of aromatic hydroxyl groups is 1. The highest BCUT2D eigenvalue weighted by molar-refractivity contribution is 6.31. The molecule has 196 valence electrons. The first-order chi connectivity index (χ1) is 18.4. The Morgan fingerprint density at radius 1 is 1.05 bits per heavy atom. The highest BCUT2D eigenvalue weighted by Gasteiger charge is 2.43. The summed E-state index contributed by atoms with van der Waals surface area (Å²) in [5.74, 6) is 1.15. The molecule has 38 heavy (non-hydrogen) atoms. The van der Waals surface area contributed by atoms with Crippen LogP contribution in [0.2, 0.25) is 5.02 Å². The predicted molar refractivity (Wildman–Crippen MR) is 147 cm³/mol. The van der Waals surface area contributed by atoms with E-state index in [4.69, 9.17) is 21.1 Å². The van der Waals surface area contributed by atoms with Crippen LogP contribution in [0.25, 0.3) is 11.3 Å². The molecule has 1 aliphatic rings. The zero-order valence-corrected chi connectivity index (χ0v) is 22.4. The molecule has 5 rings (SSSR count). The van der Waals surface area contributed by atoms with Crippen molar-refractivity contribution in [1.29, 1.82) is 0 Å². The molecule has 2 N–H and O–H groups in total. The van der Waals surface area contributed by atoms with Gasteiger partial charge in [-0.15, -0.1) is 0 Å². The highest BCUT2D eigenvalue weighted by atomic mass is 35.5. The van der Waals surface area contributed by atoms with Crippen molar-refractivity contribution in [3.8, 4) is 28.5 Å². The third-order valence-electron chi connectivity index (χ3n) is 6.64. The van der Waals surface area contributed by atoms with Gasteiger partial charge in [-0.25, -0.2) is 0 Å². The second kappa shape index (κ2) is 10.8. The van der Waals surface area contributed by atoms with Crippen LogP contribution in [0.5, 0.6) is 17.2 Å². The van der Waals surface area contributed by atoms with E-state index in [2.05, 4.69) is 17.1 Å². The Morgan fingerprint density at radius 3 is 2.58 bits per heavy atom. The van der Waals surface area contributed by atoms with Crippen molar-refractivity contribution < 1.29 is 19.4 Å². The largest absolute Gasteiger partial charge is 0.507 e. The lowest BCUT2D eigenvalue weighted by Crippen LogP contribution is -2.29. The first kappa shape index (κ1) is 25.7. The van der Waals surface area contributed by atoms with Crippen molar-refractivity contribution in [3.05, 3.63) is 93.6 Å². The average Bonchev–Trinajstić information content (AvgIpc) is 3.45. The number of ether oxygens (including phenoxy) is 2. The molecular weight excluding hydrogens is 502 g/mol. The first-order valence-electron chi connectivity index (χ1n) is 12.7. The van der Waals surface area contributed by atoms with Crippen molar-refractivity contribution >= 4 is 17.5 Å². The van der Waals surface area contributed by atoms with Gasteiger partial charge in [-0.05, 0) is 61.2 Å². The molecule has 1 atom stereocenters. The predicted octanol–water partition coefficient (Wildman–Crippen LogP) is 6.68. The zero-order chi connectivity index (χ0) is 26.8. The van der Waals surface area contributed by atoms with E-state index in [1.165, 1.54) is 0 Å². The highest BCUT2D eigenvalue weighted by Crippen LogP contribution is 2.47. The molecule has 0 radical (unpaired) electrons. The lowest BCUT2D eigenvalue weighted by Gasteiger charge is -2.27. The lowest BCUT2D eigenvalue weighted by atomic mass is 9.94. The summed E-state index contributed by atoms with van der Waals surface area (Å²) in [6.45, 7) is 7.24. The minimum atomic E-state index is -0.481. The van der Waals surface area contributed by atoms with Crippen LogP contribution in [-0.2, 0) is 6.54 Å². The number of amides is 1. The number of fused-ring (bicyclic) bond motifs is 1. The van der Waals surface area contributed by atoms with Gasteiger partial charge in [0.05, 0.1) is 19.3 Å². The van der Waals surface area contributed by atoms with Gasteiger partial charge in [0, 0.05) is 22.7 Å². The molecule has 8 heteroatoms. The fourth-order valence-corrected chi connectivity index (χ4v) is 5.01. The molecule has 1 aliphatic heterocycles. The van der Waals surface area contributed by atoms with Crippen LogP contribution in [0.15, 0.2) is 60.7 Å². The van der Waals surface area contributed by atoms with Crippen molar-refractivity contribution in [3.63, 3.8) is 0 Å². The quantitative estimate of drug-likeness (QED) is 0.251. The van der Waals surface area contributed by atoms with Crippen LogP contribution in [-0.4, -0.2) is 39.3 Å². The van der Waals surface area contributed by atoms with Crippen LogP contribution in [0.4, 0.5) is 0 Å². The van der Waals surface area contributed by atoms with E-state index in [1.54, 1.807) is 12.1 Å². The minimum absolute atomic E-state index is 0.0484. The van der Waals surface area contributed by atoms with Crippen molar-refractivity contribution in [1.82, 2.24) is 15.1 Å². The smallest absolute Gasteiger partial charge is 0.273 e. The number of nitrogens with one attached hydrogen (secondary N) is 1. The summed E-state index contributed by atoms with van der Waals surface area (Å²) in [6.07, 6.45) is 0.875. The van der Waals surface area contributed by atoms with E-state index in [9.17, 15) is 9.90 Å². The number of rotatable bonds is 9. The van der Waals surface area contributed by atoms with Gasteiger partial charge in [-0.3, -0.25) is 9.89 Å². The SMILES string of the molecule is CCCOc1ccc(C2c3c(-c4cc(Cl)c(C)cc4O)n[nH]c3C(=O)N2Cc2ccccc2)cc1OCC. The molecular formula is C30H30ClN3O4. The Kier molecular flexibility index (Phi) is 7.29. The Morgan fingerprint density at radius 2 is 1.84 bits per heavy atom. The van der Waals surface area contributed by atoms with Crippen LogP contribution >= 0.6 is 11.6 Å². The minimum Gasteiger partial charge on any atom is -0.507 e. The Balaban J connectivity index is 1.67. The third-order valence-corrected chi connectivity index (χ3v) is 7.04. The number of hydrogen-bond donors (Lipinski definition) is 2. The summed E-state index contributed by atoms with van der Waals surface area (Å²) in [4.78, 5) is 15.6. The van der Waals surface area contributed by atoms with Gasteiger partial charge < -0.3 is 19.5 Å². The van der Waals surface area contributed by atoms with Gasteiger partial charge in [0.2, 0.25) is 0 Å². The Labute approximate surface area is 227 Å². The van der Waals surface area contributed by atoms with E-state index in [1.807, 2.05) is 67.3 Å². The summed E-state index contributed by atoms with van der Waals surface area (Å²) in [5.41, 5.74) is 4.62. The van der Waals surface area contributed by atoms with E-state index in [0.717, 1.165) is 23.1 Å². The van der Waals surface area contributed by atoms with Crippen LogP contribution in [0.1, 0.15) is 59.1 Å². The lowest BCUT2D eigenvalue weighted by molar-refractivity contribution is 0.0729. The van der Waals surface area contributed by atoms with E-state index in [0.29, 0.717) is 58.8 Å². The van der Waals surface area contributed by atoms with Crippen LogP contribution < -0.4 is 9.47 Å². The molecule has 1 aromatic heterocycles. The normalized spacial score (nSPS) is 14.6. The van der Waals surface area contributed by atoms with Gasteiger partial charge in [0.25, 0.3) is 5.91 Å². The number of phenols is 1. The van der Waals surface area contributed by atoms with Crippen molar-refractivity contribution in [2.24, 2.45) is 0 Å².